The van der Waals surface area contributed by atoms with Gasteiger partial charge in [-0.3, -0.25) is 0 Å². The summed E-state index contributed by atoms with van der Waals surface area (Å²) in [7, 11) is 0. The summed E-state index contributed by atoms with van der Waals surface area (Å²) in [5.74, 6) is -8.63. The van der Waals surface area contributed by atoms with E-state index in [1.54, 1.807) is 20.8 Å². The largest absolute Gasteiger partial charge is 3.00 e. The van der Waals surface area contributed by atoms with Crippen LogP contribution in [-0.2, 0) is 28.8 Å². The predicted octanol–water partition coefficient (Wildman–Crippen LogP) is -1.72. The Labute approximate surface area is 347 Å². The topological polar surface area (TPSA) is 241 Å². The van der Waals surface area contributed by atoms with Gasteiger partial charge in [-0.1, -0.05) is 60.8 Å². The maximum absolute atomic E-state index is 10.8. The Morgan fingerprint density at radius 1 is 0.400 bits per heavy atom. The molecule has 3 unspecified atom stereocenters. The zero-order valence-corrected chi connectivity index (χ0v) is 37.1. The minimum absolute atomic E-state index is 0. The third-order valence-corrected chi connectivity index (χ3v) is 6.96. The predicted molar refractivity (Wildman–Crippen MR) is 190 cm³/mol. The number of unbranched alkanes of at least 4 members (excludes halogenated alkanes) is 3. The van der Waals surface area contributed by atoms with Gasteiger partial charge >= 0.3 is 48.9 Å². The van der Waals surface area contributed by atoms with Crippen molar-refractivity contribution in [3.8, 4) is 0 Å². The summed E-state index contributed by atoms with van der Waals surface area (Å²) in [5, 5.41) is 64.4. The molecule has 0 aromatic heterocycles. The number of thiol groups is 3. The van der Waals surface area contributed by atoms with E-state index in [-0.39, 0.29) is 137 Å². The van der Waals surface area contributed by atoms with Crippen molar-refractivity contribution in [2.75, 3.05) is 0 Å². The van der Waals surface area contributed by atoms with Crippen LogP contribution in [0.25, 0.3) is 0 Å². The molecular weight excluding hydrogens is 928 g/mol. The Morgan fingerprint density at radius 3 is 0.660 bits per heavy atom. The molecule has 0 bridgehead atoms. The Morgan fingerprint density at radius 2 is 0.560 bits per heavy atom. The average molecular weight is 976 g/mol. The van der Waals surface area contributed by atoms with E-state index in [4.69, 9.17) is 0 Å². The summed E-state index contributed by atoms with van der Waals surface area (Å²) in [6.07, 6.45) is 4.99. The minimum Gasteiger partial charge on any atom is -0.545 e. The fourth-order valence-corrected chi connectivity index (χ4v) is 4.61. The van der Waals surface area contributed by atoms with Crippen LogP contribution in [0.15, 0.2) is 33.4 Å². The van der Waals surface area contributed by atoms with E-state index in [9.17, 15) is 59.4 Å². The summed E-state index contributed by atoms with van der Waals surface area (Å²) in [4.78, 5) is 65.1. The van der Waals surface area contributed by atoms with Crippen molar-refractivity contribution >= 4 is 123 Å². The Bertz CT molecular complexity index is 1040. The van der Waals surface area contributed by atoms with Gasteiger partial charge in [-0.25, -0.2) is 0 Å². The second-order valence-corrected chi connectivity index (χ2v) is 13.7. The van der Waals surface area contributed by atoms with Crippen LogP contribution in [0.5, 0.6) is 0 Å². The molecule has 0 aliphatic rings. The summed E-state index contributed by atoms with van der Waals surface area (Å²) >= 11 is 12.1. The number of carboxylic acid groups (broad SMARTS) is 6. The van der Waals surface area contributed by atoms with Gasteiger partial charge in [0.25, 0.3) is 0 Å². The molecule has 0 aliphatic carbocycles. The Hall–Kier alpha value is -1.27. The molecule has 0 aromatic carbocycles. The molecule has 3 atom stereocenters. The van der Waals surface area contributed by atoms with Crippen LogP contribution in [0.3, 0.4) is 0 Å². The molecule has 0 fully saturated rings. The molecule has 0 rings (SSSR count). The molecule has 0 amide bonds. The van der Waals surface area contributed by atoms with Gasteiger partial charge in [0, 0.05) is 15.7 Å². The van der Waals surface area contributed by atoms with Crippen LogP contribution >= 0.6 is 37.9 Å². The van der Waals surface area contributed by atoms with E-state index in [1.165, 1.54) is 0 Å². The standard InChI is InChI=1S/3C11H18O4S.2Sb/c3*1-3-4-5-8(10(12)13)9(11(14)15)6-7(2)16;;/h3*7,16H,3-6H2,1-2H3,(H,12,13)(H,14,15);;/q;;;2*+3/p-6/b3*9-8-;;. The van der Waals surface area contributed by atoms with E-state index in [0.29, 0.717) is 19.3 Å². The van der Waals surface area contributed by atoms with E-state index in [0.717, 1.165) is 19.3 Å². The van der Waals surface area contributed by atoms with Gasteiger partial charge in [-0.05, 0) is 91.2 Å². The summed E-state index contributed by atoms with van der Waals surface area (Å²) in [6.45, 7) is 10.8. The maximum Gasteiger partial charge on any atom is 3.00 e. The quantitative estimate of drug-likeness (QED) is 0.0662. The van der Waals surface area contributed by atoms with Crippen molar-refractivity contribution in [1.82, 2.24) is 0 Å². The molecular formula is C33H48O12S3Sb2. The molecule has 0 heterocycles. The summed E-state index contributed by atoms with van der Waals surface area (Å²) < 4.78 is 0. The fraction of sp³-hybridized carbons (Fsp3) is 0.636. The minimum atomic E-state index is -1.45. The van der Waals surface area contributed by atoms with Crippen molar-refractivity contribution in [3.63, 3.8) is 0 Å². The smallest absolute Gasteiger partial charge is 0.545 e. The Balaban J connectivity index is -0.000000199. The third kappa shape index (κ3) is 28.3. The first kappa shape index (κ1) is 58.0. The SMILES string of the molecule is CCCC/C(C(=O)[O-])=C(\CC(C)S)C(=O)[O-].CCCC/C(C(=O)[O-])=C(\CC(C)S)C(=O)[O-].CCCC/C(C(=O)[O-])=C(\CC(C)S)C(=O)[O-].[Sb+3].[Sb+3]. The summed E-state index contributed by atoms with van der Waals surface area (Å²) in [6, 6.07) is 0. The van der Waals surface area contributed by atoms with Crippen LogP contribution in [-0.4, -0.2) is 100 Å². The van der Waals surface area contributed by atoms with Gasteiger partial charge in [0.15, 0.2) is 0 Å². The molecule has 12 nitrogen and oxygen atoms in total. The van der Waals surface area contributed by atoms with Gasteiger partial charge in [0.05, 0.1) is 35.8 Å². The molecule has 280 valence electrons. The van der Waals surface area contributed by atoms with Crippen molar-refractivity contribution < 1.29 is 59.4 Å². The summed E-state index contributed by atoms with van der Waals surface area (Å²) in [5.41, 5.74) is -1.09. The molecule has 50 heavy (non-hydrogen) atoms. The monoisotopic (exact) mass is 974 g/mol. The van der Waals surface area contributed by atoms with Crippen LogP contribution in [0.1, 0.15) is 119 Å². The van der Waals surface area contributed by atoms with E-state index < -0.39 is 35.8 Å². The molecule has 0 N–H and O–H groups in total. The number of hydrogen-bond acceptors (Lipinski definition) is 15. The van der Waals surface area contributed by atoms with E-state index in [1.807, 2.05) is 20.8 Å². The number of carboxylic acids is 6. The fourth-order valence-electron chi connectivity index (χ4n) is 4.06. The van der Waals surface area contributed by atoms with Gasteiger partial charge in [0.2, 0.25) is 0 Å². The Kier molecular flexibility index (Phi) is 39.0. The van der Waals surface area contributed by atoms with E-state index >= 15 is 0 Å². The van der Waals surface area contributed by atoms with Gasteiger partial charge in [-0.15, -0.1) is 0 Å². The molecule has 0 spiro atoms. The molecule has 0 saturated heterocycles. The number of rotatable bonds is 21. The van der Waals surface area contributed by atoms with Crippen molar-refractivity contribution in [2.24, 2.45) is 0 Å². The molecule has 0 saturated carbocycles. The number of aliphatic carboxylic acids is 6. The number of carbonyl (C=O) groups is 6. The van der Waals surface area contributed by atoms with Crippen LogP contribution in [0.2, 0.25) is 0 Å². The third-order valence-electron chi connectivity index (χ3n) is 6.41. The van der Waals surface area contributed by atoms with Crippen LogP contribution in [0.4, 0.5) is 0 Å². The molecule has 17 heteroatoms. The first-order valence-electron chi connectivity index (χ1n) is 15.7. The first-order chi connectivity index (χ1) is 22.2. The molecule has 0 aliphatic heterocycles. The normalized spacial score (nSPS) is 13.6. The second kappa shape index (κ2) is 33.6. The van der Waals surface area contributed by atoms with Gasteiger partial charge in [0.1, 0.15) is 0 Å². The van der Waals surface area contributed by atoms with Crippen molar-refractivity contribution in [3.05, 3.63) is 33.4 Å². The van der Waals surface area contributed by atoms with Crippen LogP contribution < -0.4 is 30.6 Å². The molecule has 0 aromatic rings. The zero-order valence-electron chi connectivity index (χ0n) is 29.4. The number of hydrogen-bond donors (Lipinski definition) is 3. The van der Waals surface area contributed by atoms with Crippen molar-refractivity contribution in [1.29, 1.82) is 0 Å². The zero-order chi connectivity index (χ0) is 38.1. The molecule has 4 radical (unpaired) electrons. The number of carbonyl (C=O) groups excluding carboxylic acids is 6. The van der Waals surface area contributed by atoms with Gasteiger partial charge in [-0.2, -0.15) is 37.9 Å². The average Bonchev–Trinajstić information content (AvgIpc) is 2.95. The van der Waals surface area contributed by atoms with Crippen LogP contribution in [0, 0.1) is 0 Å². The van der Waals surface area contributed by atoms with Gasteiger partial charge < -0.3 is 59.4 Å². The second-order valence-electron chi connectivity index (χ2n) is 11.1. The maximum atomic E-state index is 10.8. The van der Waals surface area contributed by atoms with E-state index in [2.05, 4.69) is 37.9 Å². The first-order valence-corrected chi connectivity index (χ1v) is 17.2. The van der Waals surface area contributed by atoms with Crippen molar-refractivity contribution in [2.45, 2.75) is 134 Å².